The van der Waals surface area contributed by atoms with E-state index >= 15 is 0 Å². The predicted octanol–water partition coefficient (Wildman–Crippen LogP) is 0.504. The minimum Gasteiger partial charge on any atom is -0.508 e. The van der Waals surface area contributed by atoms with Gasteiger partial charge in [-0.1, -0.05) is 19.1 Å². The van der Waals surface area contributed by atoms with Crippen molar-refractivity contribution in [2.75, 3.05) is 13.1 Å². The van der Waals surface area contributed by atoms with Crippen LogP contribution in [0.3, 0.4) is 0 Å². The van der Waals surface area contributed by atoms with Crippen molar-refractivity contribution in [1.29, 1.82) is 0 Å². The molecule has 0 aliphatic carbocycles. The Balaban J connectivity index is 2.54. The summed E-state index contributed by atoms with van der Waals surface area (Å²) in [6.45, 7) is 2.80. The lowest BCUT2D eigenvalue weighted by Crippen LogP contribution is -2.45. The third kappa shape index (κ3) is 5.71. The minimum absolute atomic E-state index is 0.104. The third-order valence-corrected chi connectivity index (χ3v) is 2.72. The van der Waals surface area contributed by atoms with Gasteiger partial charge in [0.05, 0.1) is 6.54 Å². The molecule has 1 aromatic rings. The van der Waals surface area contributed by atoms with E-state index in [0.717, 1.165) is 12.0 Å². The topological polar surface area (TPSA) is 98.7 Å². The van der Waals surface area contributed by atoms with Crippen LogP contribution in [-0.4, -0.2) is 41.2 Å². The zero-order valence-corrected chi connectivity index (χ0v) is 11.4. The van der Waals surface area contributed by atoms with E-state index in [2.05, 4.69) is 10.6 Å². The molecule has 0 aliphatic heterocycles. The molecular weight excluding hydrogens is 260 g/mol. The van der Waals surface area contributed by atoms with Crippen molar-refractivity contribution >= 4 is 11.9 Å². The summed E-state index contributed by atoms with van der Waals surface area (Å²) < 4.78 is 0. The van der Waals surface area contributed by atoms with Gasteiger partial charge in [-0.05, 0) is 30.7 Å². The van der Waals surface area contributed by atoms with Crippen LogP contribution in [-0.2, 0) is 16.0 Å². The molecule has 0 bridgehead atoms. The molecule has 110 valence electrons. The van der Waals surface area contributed by atoms with Crippen LogP contribution in [0.5, 0.6) is 5.75 Å². The number of phenolic OH excluding ortho intramolecular Hbond substituents is 1. The van der Waals surface area contributed by atoms with Crippen molar-refractivity contribution in [2.24, 2.45) is 0 Å². The quantitative estimate of drug-likeness (QED) is 0.520. The second-order valence-electron chi connectivity index (χ2n) is 4.51. The molecule has 1 aromatic carbocycles. The highest BCUT2D eigenvalue weighted by molar-refractivity contribution is 5.84. The molecule has 0 aromatic heterocycles. The Kier molecular flexibility index (Phi) is 6.52. The van der Waals surface area contributed by atoms with Gasteiger partial charge in [0.2, 0.25) is 5.91 Å². The van der Waals surface area contributed by atoms with Gasteiger partial charge in [0.1, 0.15) is 11.8 Å². The first kappa shape index (κ1) is 16.0. The second-order valence-corrected chi connectivity index (χ2v) is 4.51. The number of carbonyl (C=O) groups excluding carboxylic acids is 1. The summed E-state index contributed by atoms with van der Waals surface area (Å²) in [7, 11) is 0. The number of benzene rings is 1. The van der Waals surface area contributed by atoms with Gasteiger partial charge in [0, 0.05) is 6.42 Å². The van der Waals surface area contributed by atoms with Crippen molar-refractivity contribution in [3.63, 3.8) is 0 Å². The van der Waals surface area contributed by atoms with Gasteiger partial charge in [-0.15, -0.1) is 0 Å². The first-order chi connectivity index (χ1) is 9.52. The number of nitrogens with one attached hydrogen (secondary N) is 2. The molecule has 1 atom stereocenters. The average Bonchev–Trinajstić information content (AvgIpc) is 2.40. The standard InChI is InChI=1S/C14H20N2O4/c1-2-7-15-9-13(18)16-12(14(19)20)8-10-3-5-11(17)6-4-10/h3-6,12,15,17H,2,7-9H2,1H3,(H,16,18)(H,19,20)/t12-/m1/s1. The molecule has 0 heterocycles. The Morgan fingerprint density at radius 3 is 2.45 bits per heavy atom. The van der Waals surface area contributed by atoms with Crippen LogP contribution in [0.25, 0.3) is 0 Å². The van der Waals surface area contributed by atoms with Gasteiger partial charge < -0.3 is 20.8 Å². The number of rotatable bonds is 8. The van der Waals surface area contributed by atoms with E-state index in [1.165, 1.54) is 12.1 Å². The summed E-state index contributed by atoms with van der Waals surface area (Å²) in [4.78, 5) is 22.8. The highest BCUT2D eigenvalue weighted by atomic mass is 16.4. The number of phenols is 1. The number of carboxylic acids is 1. The number of carbonyl (C=O) groups is 2. The molecule has 0 unspecified atom stereocenters. The van der Waals surface area contributed by atoms with Crippen LogP contribution in [0.15, 0.2) is 24.3 Å². The van der Waals surface area contributed by atoms with Gasteiger partial charge in [0.25, 0.3) is 0 Å². The first-order valence-electron chi connectivity index (χ1n) is 6.53. The average molecular weight is 280 g/mol. The number of hydrogen-bond acceptors (Lipinski definition) is 4. The molecule has 1 rings (SSSR count). The Hall–Kier alpha value is -2.08. The summed E-state index contributed by atoms with van der Waals surface area (Å²) in [5.41, 5.74) is 0.733. The van der Waals surface area contributed by atoms with E-state index in [-0.39, 0.29) is 24.6 Å². The van der Waals surface area contributed by atoms with Crippen molar-refractivity contribution < 1.29 is 19.8 Å². The monoisotopic (exact) mass is 280 g/mol. The van der Waals surface area contributed by atoms with Crippen LogP contribution in [0.2, 0.25) is 0 Å². The smallest absolute Gasteiger partial charge is 0.326 e. The number of amides is 1. The zero-order chi connectivity index (χ0) is 15.0. The van der Waals surface area contributed by atoms with E-state index in [9.17, 15) is 14.7 Å². The molecular formula is C14H20N2O4. The second kappa shape index (κ2) is 8.16. The lowest BCUT2D eigenvalue weighted by molar-refractivity contribution is -0.141. The van der Waals surface area contributed by atoms with Crippen molar-refractivity contribution in [3.8, 4) is 5.75 Å². The minimum atomic E-state index is -1.08. The molecule has 0 spiro atoms. The summed E-state index contributed by atoms with van der Waals surface area (Å²) in [5, 5.41) is 23.7. The summed E-state index contributed by atoms with van der Waals surface area (Å²) in [6, 6.07) is 5.26. The third-order valence-electron chi connectivity index (χ3n) is 2.72. The molecule has 0 saturated heterocycles. The fourth-order valence-corrected chi connectivity index (χ4v) is 1.69. The summed E-state index contributed by atoms with van der Waals surface area (Å²) in [6.07, 6.45) is 1.08. The van der Waals surface area contributed by atoms with E-state index < -0.39 is 12.0 Å². The zero-order valence-electron chi connectivity index (χ0n) is 11.4. The van der Waals surface area contributed by atoms with Gasteiger partial charge in [-0.2, -0.15) is 0 Å². The number of aliphatic carboxylic acids is 1. The highest BCUT2D eigenvalue weighted by Crippen LogP contribution is 2.11. The van der Waals surface area contributed by atoms with E-state index in [1.54, 1.807) is 12.1 Å². The number of hydrogen-bond donors (Lipinski definition) is 4. The molecule has 4 N–H and O–H groups in total. The first-order valence-corrected chi connectivity index (χ1v) is 6.53. The molecule has 6 nitrogen and oxygen atoms in total. The molecule has 0 aliphatic rings. The normalized spacial score (nSPS) is 11.8. The largest absolute Gasteiger partial charge is 0.508 e. The van der Waals surface area contributed by atoms with Gasteiger partial charge in [-0.3, -0.25) is 4.79 Å². The molecule has 0 saturated carbocycles. The van der Waals surface area contributed by atoms with E-state index in [0.29, 0.717) is 6.54 Å². The lowest BCUT2D eigenvalue weighted by atomic mass is 10.1. The van der Waals surface area contributed by atoms with E-state index in [4.69, 9.17) is 5.11 Å². The number of aromatic hydroxyl groups is 1. The van der Waals surface area contributed by atoms with Crippen molar-refractivity contribution in [1.82, 2.24) is 10.6 Å². The van der Waals surface area contributed by atoms with E-state index in [1.807, 2.05) is 6.92 Å². The number of carboxylic acid groups (broad SMARTS) is 1. The molecule has 6 heteroatoms. The Bertz CT molecular complexity index is 445. The maximum Gasteiger partial charge on any atom is 0.326 e. The Morgan fingerprint density at radius 2 is 1.90 bits per heavy atom. The molecule has 20 heavy (non-hydrogen) atoms. The van der Waals surface area contributed by atoms with Crippen LogP contribution in [0.1, 0.15) is 18.9 Å². The predicted molar refractivity (Wildman–Crippen MR) is 74.5 cm³/mol. The van der Waals surface area contributed by atoms with Crippen LogP contribution in [0, 0.1) is 0 Å². The molecule has 1 amide bonds. The van der Waals surface area contributed by atoms with Gasteiger partial charge in [0.15, 0.2) is 0 Å². The molecule has 0 fully saturated rings. The van der Waals surface area contributed by atoms with Crippen LogP contribution in [0.4, 0.5) is 0 Å². The summed E-state index contributed by atoms with van der Waals surface area (Å²) in [5.74, 6) is -1.31. The van der Waals surface area contributed by atoms with Crippen molar-refractivity contribution in [2.45, 2.75) is 25.8 Å². The SMILES string of the molecule is CCCNCC(=O)N[C@H](Cc1ccc(O)cc1)C(=O)O. The lowest BCUT2D eigenvalue weighted by Gasteiger charge is -2.15. The Labute approximate surface area is 117 Å². The fraction of sp³-hybridized carbons (Fsp3) is 0.429. The van der Waals surface area contributed by atoms with Crippen LogP contribution >= 0.6 is 0 Å². The maximum absolute atomic E-state index is 11.6. The van der Waals surface area contributed by atoms with Crippen LogP contribution < -0.4 is 10.6 Å². The summed E-state index contributed by atoms with van der Waals surface area (Å²) >= 11 is 0. The van der Waals surface area contributed by atoms with Gasteiger partial charge in [-0.25, -0.2) is 4.79 Å². The fourth-order valence-electron chi connectivity index (χ4n) is 1.69. The maximum atomic E-state index is 11.6. The Morgan fingerprint density at radius 1 is 1.25 bits per heavy atom. The van der Waals surface area contributed by atoms with Crippen molar-refractivity contribution in [3.05, 3.63) is 29.8 Å². The highest BCUT2D eigenvalue weighted by Gasteiger charge is 2.20. The molecule has 0 radical (unpaired) electrons. The van der Waals surface area contributed by atoms with Gasteiger partial charge >= 0.3 is 5.97 Å².